The summed E-state index contributed by atoms with van der Waals surface area (Å²) in [7, 11) is 0. The topological polar surface area (TPSA) is 41.1 Å². The molecule has 0 aliphatic heterocycles. The minimum Gasteiger partial charge on any atom is -0.338 e. The van der Waals surface area contributed by atoms with E-state index < -0.39 is 18.8 Å². The molecule has 0 aliphatic carbocycles. The molecule has 0 saturated heterocycles. The first-order valence-electron chi connectivity index (χ1n) is 8.88. The predicted molar refractivity (Wildman–Crippen MR) is 81.5 cm³/mol. The highest BCUT2D eigenvalue weighted by atomic mass is 16.2. The van der Waals surface area contributed by atoms with Crippen molar-refractivity contribution in [2.24, 2.45) is 0 Å². The second-order valence-corrected chi connectivity index (χ2v) is 4.34. The Morgan fingerprint density at radius 3 is 2.58 bits per heavy atom. The number of hydrogen-bond acceptors (Lipinski definition) is 1. The number of para-hydroxylation sites is 1. The van der Waals surface area contributed by atoms with E-state index in [1.165, 1.54) is 0 Å². The van der Waals surface area contributed by atoms with Gasteiger partial charge in [0.1, 0.15) is 0 Å². The fraction of sp³-hybridized carbons (Fsp3) is 0.562. The van der Waals surface area contributed by atoms with E-state index in [0.29, 0.717) is 12.1 Å². The molecule has 0 fully saturated rings. The van der Waals surface area contributed by atoms with Crippen LogP contribution >= 0.6 is 0 Å². The van der Waals surface area contributed by atoms with Gasteiger partial charge in [-0.1, -0.05) is 63.6 Å². The van der Waals surface area contributed by atoms with Crippen molar-refractivity contribution in [2.45, 2.75) is 51.8 Å². The molecule has 1 aromatic carbocycles. The largest absolute Gasteiger partial charge is 0.338 e. The number of anilines is 1. The molecule has 0 aromatic heterocycles. The average Bonchev–Trinajstić information content (AvgIpc) is 2.50. The number of urea groups is 1. The number of unbranched alkanes of at least 4 members (excludes halogenated alkanes) is 3. The summed E-state index contributed by atoms with van der Waals surface area (Å²) in [6.07, 6.45) is -0.311. The van der Waals surface area contributed by atoms with Crippen molar-refractivity contribution in [1.29, 1.82) is 0 Å². The van der Waals surface area contributed by atoms with Crippen LogP contribution in [0.1, 0.15) is 57.3 Å². The zero-order valence-electron chi connectivity index (χ0n) is 15.5. The van der Waals surface area contributed by atoms with Gasteiger partial charge in [0.2, 0.25) is 0 Å². The Kier molecular flexibility index (Phi) is 5.65. The minimum absolute atomic E-state index is 0.155. The van der Waals surface area contributed by atoms with Crippen LogP contribution in [0.25, 0.3) is 0 Å². The average molecular weight is 266 g/mol. The third-order valence-electron chi connectivity index (χ3n) is 2.65. The van der Waals surface area contributed by atoms with Crippen molar-refractivity contribution < 1.29 is 10.3 Å². The van der Waals surface area contributed by atoms with E-state index in [1.807, 2.05) is 6.07 Å². The Hall–Kier alpha value is -1.51. The SMILES string of the molecule is [2H]C([2H])(CCCCCC)C([2H])([2H])CNC(=O)Nc1ccccc1. The summed E-state index contributed by atoms with van der Waals surface area (Å²) in [5.74, 6) is 0. The van der Waals surface area contributed by atoms with Crippen molar-refractivity contribution in [3.8, 4) is 0 Å². The van der Waals surface area contributed by atoms with E-state index in [2.05, 4.69) is 17.6 Å². The fourth-order valence-electron chi connectivity index (χ4n) is 1.61. The smallest absolute Gasteiger partial charge is 0.319 e. The maximum Gasteiger partial charge on any atom is 0.319 e. The molecule has 2 N–H and O–H groups in total. The monoisotopic (exact) mass is 266 g/mol. The van der Waals surface area contributed by atoms with Crippen molar-refractivity contribution in [3.05, 3.63) is 30.3 Å². The summed E-state index contributed by atoms with van der Waals surface area (Å²) in [6, 6.07) is 8.30. The highest BCUT2D eigenvalue weighted by Gasteiger charge is 1.99. The minimum atomic E-state index is -2.12. The molecule has 3 nitrogen and oxygen atoms in total. The van der Waals surface area contributed by atoms with Gasteiger partial charge in [-0.3, -0.25) is 0 Å². The molecule has 0 unspecified atom stereocenters. The number of carbonyl (C=O) groups is 1. The molecule has 1 aromatic rings. The van der Waals surface area contributed by atoms with Crippen LogP contribution < -0.4 is 10.6 Å². The zero-order chi connectivity index (χ0) is 17.3. The Balaban J connectivity index is 2.45. The van der Waals surface area contributed by atoms with Crippen molar-refractivity contribution in [1.82, 2.24) is 5.32 Å². The molecule has 0 heterocycles. The fourth-order valence-corrected chi connectivity index (χ4v) is 1.61. The Morgan fingerprint density at radius 1 is 1.11 bits per heavy atom. The number of benzene rings is 1. The second kappa shape index (κ2) is 10.4. The van der Waals surface area contributed by atoms with Crippen LogP contribution in [-0.4, -0.2) is 12.6 Å². The molecular weight excluding hydrogens is 236 g/mol. The molecule has 0 spiro atoms. The number of rotatable bonds is 9. The van der Waals surface area contributed by atoms with Crippen LogP contribution in [0.15, 0.2) is 30.3 Å². The van der Waals surface area contributed by atoms with Gasteiger partial charge in [0.25, 0.3) is 0 Å². The number of carbonyl (C=O) groups excluding carboxylic acids is 1. The molecule has 2 amide bonds. The highest BCUT2D eigenvalue weighted by molar-refractivity contribution is 5.89. The first-order valence-corrected chi connectivity index (χ1v) is 6.88. The Bertz CT molecular complexity index is 480. The summed E-state index contributed by atoms with van der Waals surface area (Å²) < 4.78 is 31.8. The molecule has 0 saturated carbocycles. The van der Waals surface area contributed by atoms with Gasteiger partial charge in [-0.2, -0.15) is 0 Å². The molecule has 0 atom stereocenters. The lowest BCUT2D eigenvalue weighted by Gasteiger charge is -2.07. The number of amides is 2. The van der Waals surface area contributed by atoms with E-state index in [0.717, 1.165) is 19.3 Å². The van der Waals surface area contributed by atoms with Crippen LogP contribution in [-0.2, 0) is 0 Å². The highest BCUT2D eigenvalue weighted by Crippen LogP contribution is 2.06. The molecule has 0 aliphatic rings. The van der Waals surface area contributed by atoms with E-state index in [1.54, 1.807) is 24.3 Å². The van der Waals surface area contributed by atoms with Gasteiger partial charge < -0.3 is 10.6 Å². The van der Waals surface area contributed by atoms with E-state index in [4.69, 9.17) is 5.48 Å². The molecule has 19 heavy (non-hydrogen) atoms. The third-order valence-corrected chi connectivity index (χ3v) is 2.65. The number of hydrogen-bond donors (Lipinski definition) is 2. The predicted octanol–water partition coefficient (Wildman–Crippen LogP) is 4.56. The second-order valence-electron chi connectivity index (χ2n) is 4.34. The van der Waals surface area contributed by atoms with Gasteiger partial charge in [0.15, 0.2) is 0 Å². The molecular formula is C16H26N2O. The molecule has 0 radical (unpaired) electrons. The molecule has 106 valence electrons. The molecule has 0 bridgehead atoms. The maximum absolute atomic E-state index is 11.8. The van der Waals surface area contributed by atoms with Crippen LogP contribution in [0.2, 0.25) is 0 Å². The van der Waals surface area contributed by atoms with Crippen molar-refractivity contribution in [2.75, 3.05) is 11.9 Å². The quantitative estimate of drug-likeness (QED) is 0.632. The van der Waals surface area contributed by atoms with Gasteiger partial charge in [-0.25, -0.2) is 4.79 Å². The van der Waals surface area contributed by atoms with Crippen LogP contribution in [0.3, 0.4) is 0 Å². The normalized spacial score (nSPS) is 14.8. The van der Waals surface area contributed by atoms with Gasteiger partial charge in [-0.05, 0) is 18.5 Å². The van der Waals surface area contributed by atoms with Gasteiger partial charge in [0.05, 0.1) is 0 Å². The standard InChI is InChI=1S/C16H26N2O/c1-2-3-4-5-6-7-11-14-17-16(19)18-15-12-9-8-10-13-15/h8-10,12-13H,2-7,11,14H2,1H3,(H2,17,18,19)/i7D2,11D2. The van der Waals surface area contributed by atoms with E-state index in [-0.39, 0.29) is 13.0 Å². The lowest BCUT2D eigenvalue weighted by atomic mass is 10.1. The van der Waals surface area contributed by atoms with Crippen LogP contribution in [0, 0.1) is 0 Å². The molecule has 3 heteroatoms. The summed E-state index contributed by atoms with van der Waals surface area (Å²) in [4.78, 5) is 11.8. The number of nitrogens with one attached hydrogen (secondary N) is 2. The maximum atomic E-state index is 11.8. The molecule has 1 rings (SSSR count). The Labute approximate surface area is 122 Å². The zero-order valence-corrected chi connectivity index (χ0v) is 11.5. The third kappa shape index (κ3) is 8.25. The summed E-state index contributed by atoms with van der Waals surface area (Å²) in [5, 5.41) is 5.00. The summed E-state index contributed by atoms with van der Waals surface area (Å²) >= 11 is 0. The summed E-state index contributed by atoms with van der Waals surface area (Å²) in [5.41, 5.74) is 0.605. The van der Waals surface area contributed by atoms with E-state index >= 15 is 0 Å². The first kappa shape index (κ1) is 10.3. The van der Waals surface area contributed by atoms with E-state index in [9.17, 15) is 4.79 Å². The lowest BCUT2D eigenvalue weighted by Crippen LogP contribution is -2.29. The first-order chi connectivity index (χ1) is 10.8. The summed E-state index contributed by atoms with van der Waals surface area (Å²) in [6.45, 7) is 1.70. The van der Waals surface area contributed by atoms with Crippen LogP contribution in [0.5, 0.6) is 0 Å². The van der Waals surface area contributed by atoms with Gasteiger partial charge in [-0.15, -0.1) is 0 Å². The van der Waals surface area contributed by atoms with Crippen LogP contribution in [0.4, 0.5) is 10.5 Å². The van der Waals surface area contributed by atoms with Crippen molar-refractivity contribution >= 4 is 11.7 Å². The van der Waals surface area contributed by atoms with Gasteiger partial charge in [0, 0.05) is 17.7 Å². The lowest BCUT2D eigenvalue weighted by molar-refractivity contribution is 0.252. The van der Waals surface area contributed by atoms with Crippen molar-refractivity contribution in [3.63, 3.8) is 0 Å². The Morgan fingerprint density at radius 2 is 1.84 bits per heavy atom. The van der Waals surface area contributed by atoms with Gasteiger partial charge >= 0.3 is 6.03 Å².